The minimum absolute atomic E-state index is 0.503. The highest BCUT2D eigenvalue weighted by Crippen LogP contribution is 2.32. The number of nitrogens with one attached hydrogen (secondary N) is 1. The Kier molecular flexibility index (Phi) is 6.94. The van der Waals surface area contributed by atoms with Crippen molar-refractivity contribution < 1.29 is 4.74 Å². The summed E-state index contributed by atoms with van der Waals surface area (Å²) in [5.74, 6) is 3.62. The van der Waals surface area contributed by atoms with E-state index in [0.717, 1.165) is 30.5 Å². The highest BCUT2D eigenvalue weighted by Gasteiger charge is 2.20. The molecule has 1 aromatic rings. The summed E-state index contributed by atoms with van der Waals surface area (Å²) in [5.41, 5.74) is 0. The van der Waals surface area contributed by atoms with Gasteiger partial charge in [0.25, 0.3) is 0 Å². The Morgan fingerprint density at radius 1 is 1.23 bits per heavy atom. The second-order valence-corrected chi connectivity index (χ2v) is 6.77. The molecule has 0 aliphatic heterocycles. The van der Waals surface area contributed by atoms with Gasteiger partial charge < -0.3 is 10.1 Å². The summed E-state index contributed by atoms with van der Waals surface area (Å²) in [6.07, 6.45) is 8.70. The van der Waals surface area contributed by atoms with Crippen LogP contribution in [0.1, 0.15) is 77.5 Å². The van der Waals surface area contributed by atoms with Crippen LogP contribution in [-0.2, 0) is 0 Å². The van der Waals surface area contributed by atoms with Gasteiger partial charge in [-0.1, -0.05) is 46.5 Å². The molecule has 0 unspecified atom stereocenters. The van der Waals surface area contributed by atoms with Crippen molar-refractivity contribution in [1.82, 2.24) is 9.97 Å². The van der Waals surface area contributed by atoms with Crippen molar-refractivity contribution in [1.29, 1.82) is 0 Å². The standard InChI is InChI=1S/C18H31N3O/c1-4-5-11-19-16-12-17(22-13-14(2)3)21-18(20-16)15-9-7-6-8-10-15/h12,14-15H,4-11,13H2,1-3H3,(H,19,20,21). The summed E-state index contributed by atoms with van der Waals surface area (Å²) in [6.45, 7) is 8.18. The molecule has 4 heteroatoms. The van der Waals surface area contributed by atoms with Crippen molar-refractivity contribution in [2.75, 3.05) is 18.5 Å². The zero-order valence-corrected chi connectivity index (χ0v) is 14.4. The first kappa shape index (κ1) is 17.0. The topological polar surface area (TPSA) is 47.0 Å². The fourth-order valence-corrected chi connectivity index (χ4v) is 2.80. The Labute approximate surface area is 135 Å². The molecular formula is C18H31N3O. The number of nitrogens with zero attached hydrogens (tertiary/aromatic N) is 2. The van der Waals surface area contributed by atoms with Gasteiger partial charge in [-0.2, -0.15) is 4.98 Å². The van der Waals surface area contributed by atoms with E-state index in [4.69, 9.17) is 9.72 Å². The van der Waals surface area contributed by atoms with Crippen LogP contribution < -0.4 is 10.1 Å². The molecule has 1 aliphatic rings. The van der Waals surface area contributed by atoms with E-state index in [-0.39, 0.29) is 0 Å². The fourth-order valence-electron chi connectivity index (χ4n) is 2.80. The predicted octanol–water partition coefficient (Wildman–Crippen LogP) is 4.77. The molecule has 2 rings (SSSR count). The van der Waals surface area contributed by atoms with Crippen LogP contribution in [0.3, 0.4) is 0 Å². The van der Waals surface area contributed by atoms with Crippen molar-refractivity contribution >= 4 is 5.82 Å². The fraction of sp³-hybridized carbons (Fsp3) is 0.778. The largest absolute Gasteiger partial charge is 0.477 e. The lowest BCUT2D eigenvalue weighted by atomic mass is 9.89. The van der Waals surface area contributed by atoms with E-state index in [0.29, 0.717) is 18.4 Å². The first-order valence-electron chi connectivity index (χ1n) is 8.94. The van der Waals surface area contributed by atoms with Gasteiger partial charge in [0.15, 0.2) is 0 Å². The summed E-state index contributed by atoms with van der Waals surface area (Å²) in [6, 6.07) is 1.95. The Bertz CT molecular complexity index is 442. The number of aromatic nitrogens is 2. The van der Waals surface area contributed by atoms with E-state index in [1.807, 2.05) is 6.07 Å². The van der Waals surface area contributed by atoms with Gasteiger partial charge in [-0.3, -0.25) is 0 Å². The van der Waals surface area contributed by atoms with Crippen molar-refractivity contribution in [3.8, 4) is 5.88 Å². The highest BCUT2D eigenvalue weighted by atomic mass is 16.5. The molecular weight excluding hydrogens is 274 g/mol. The molecule has 1 saturated carbocycles. The van der Waals surface area contributed by atoms with Gasteiger partial charge in [0.1, 0.15) is 11.6 Å². The van der Waals surface area contributed by atoms with Crippen LogP contribution >= 0.6 is 0 Å². The maximum atomic E-state index is 5.85. The van der Waals surface area contributed by atoms with Gasteiger partial charge in [-0.05, 0) is 25.2 Å². The number of rotatable bonds is 8. The zero-order valence-electron chi connectivity index (χ0n) is 14.4. The molecule has 1 aliphatic carbocycles. The molecule has 0 atom stereocenters. The van der Waals surface area contributed by atoms with Crippen molar-refractivity contribution in [2.45, 2.75) is 71.6 Å². The molecule has 22 heavy (non-hydrogen) atoms. The summed E-state index contributed by atoms with van der Waals surface area (Å²) in [7, 11) is 0. The molecule has 0 bridgehead atoms. The van der Waals surface area contributed by atoms with Crippen LogP contribution in [0.2, 0.25) is 0 Å². The Morgan fingerprint density at radius 3 is 2.68 bits per heavy atom. The third-order valence-corrected chi connectivity index (χ3v) is 4.09. The van der Waals surface area contributed by atoms with E-state index in [2.05, 4.69) is 31.1 Å². The maximum absolute atomic E-state index is 5.85. The average molecular weight is 305 g/mol. The predicted molar refractivity (Wildman–Crippen MR) is 91.6 cm³/mol. The second-order valence-electron chi connectivity index (χ2n) is 6.77. The van der Waals surface area contributed by atoms with E-state index in [9.17, 15) is 0 Å². The summed E-state index contributed by atoms with van der Waals surface area (Å²) >= 11 is 0. The lowest BCUT2D eigenvalue weighted by Crippen LogP contribution is -2.13. The minimum Gasteiger partial charge on any atom is -0.477 e. The smallest absolute Gasteiger partial charge is 0.218 e. The lowest BCUT2D eigenvalue weighted by molar-refractivity contribution is 0.259. The summed E-state index contributed by atoms with van der Waals surface area (Å²) < 4.78 is 5.85. The molecule has 1 fully saturated rings. The summed E-state index contributed by atoms with van der Waals surface area (Å²) in [4.78, 5) is 9.44. The van der Waals surface area contributed by atoms with E-state index < -0.39 is 0 Å². The highest BCUT2D eigenvalue weighted by molar-refractivity contribution is 5.39. The number of unbranched alkanes of at least 4 members (excludes halogenated alkanes) is 1. The molecule has 4 nitrogen and oxygen atoms in total. The van der Waals surface area contributed by atoms with Gasteiger partial charge in [0.05, 0.1) is 6.61 Å². The molecule has 0 saturated heterocycles. The van der Waals surface area contributed by atoms with Gasteiger partial charge in [0, 0.05) is 18.5 Å². The third kappa shape index (κ3) is 5.47. The van der Waals surface area contributed by atoms with E-state index >= 15 is 0 Å². The second kappa shape index (κ2) is 8.96. The first-order valence-corrected chi connectivity index (χ1v) is 8.94. The molecule has 1 heterocycles. The average Bonchev–Trinajstić information content (AvgIpc) is 2.54. The number of ether oxygens (including phenoxy) is 1. The SMILES string of the molecule is CCCCNc1cc(OCC(C)C)nc(C2CCCCC2)n1. The molecule has 0 spiro atoms. The molecule has 0 amide bonds. The van der Waals surface area contributed by atoms with Gasteiger partial charge in [-0.15, -0.1) is 0 Å². The minimum atomic E-state index is 0.503. The molecule has 0 radical (unpaired) electrons. The summed E-state index contributed by atoms with van der Waals surface area (Å²) in [5, 5.41) is 3.42. The number of anilines is 1. The normalized spacial score (nSPS) is 16.0. The van der Waals surface area contributed by atoms with Crippen LogP contribution in [-0.4, -0.2) is 23.1 Å². The third-order valence-electron chi connectivity index (χ3n) is 4.09. The van der Waals surface area contributed by atoms with Gasteiger partial charge in [-0.25, -0.2) is 4.98 Å². The van der Waals surface area contributed by atoms with Crippen LogP contribution in [0.15, 0.2) is 6.07 Å². The number of hydrogen-bond acceptors (Lipinski definition) is 4. The van der Waals surface area contributed by atoms with Gasteiger partial charge in [0.2, 0.25) is 5.88 Å². The van der Waals surface area contributed by atoms with Crippen LogP contribution in [0.25, 0.3) is 0 Å². The van der Waals surface area contributed by atoms with Crippen molar-refractivity contribution in [3.63, 3.8) is 0 Å². The Hall–Kier alpha value is -1.32. The van der Waals surface area contributed by atoms with Crippen LogP contribution in [0.5, 0.6) is 5.88 Å². The van der Waals surface area contributed by atoms with E-state index in [1.54, 1.807) is 0 Å². The van der Waals surface area contributed by atoms with Gasteiger partial charge >= 0.3 is 0 Å². The lowest BCUT2D eigenvalue weighted by Gasteiger charge is -2.21. The number of hydrogen-bond donors (Lipinski definition) is 1. The monoisotopic (exact) mass is 305 g/mol. The van der Waals surface area contributed by atoms with Crippen LogP contribution in [0, 0.1) is 5.92 Å². The molecule has 1 N–H and O–H groups in total. The Balaban J connectivity index is 2.11. The first-order chi connectivity index (χ1) is 10.7. The van der Waals surface area contributed by atoms with E-state index in [1.165, 1.54) is 38.5 Å². The zero-order chi connectivity index (χ0) is 15.8. The van der Waals surface area contributed by atoms with Crippen molar-refractivity contribution in [2.24, 2.45) is 5.92 Å². The molecule has 1 aromatic heterocycles. The molecule has 0 aromatic carbocycles. The molecule has 124 valence electrons. The maximum Gasteiger partial charge on any atom is 0.218 e. The Morgan fingerprint density at radius 2 is 2.00 bits per heavy atom. The quantitative estimate of drug-likeness (QED) is 0.703. The van der Waals surface area contributed by atoms with Crippen molar-refractivity contribution in [3.05, 3.63) is 11.9 Å². The van der Waals surface area contributed by atoms with Crippen LogP contribution in [0.4, 0.5) is 5.82 Å².